The number of halogens is 1. The largest absolute Gasteiger partial charge is 0.448 e. The fourth-order valence-electron chi connectivity index (χ4n) is 3.31. The lowest BCUT2D eigenvalue weighted by molar-refractivity contribution is 0.266. The van der Waals surface area contributed by atoms with Crippen LogP contribution in [0.1, 0.15) is 11.1 Å². The number of rotatable bonds is 5. The molecule has 1 aliphatic heterocycles. The Bertz CT molecular complexity index is 1250. The van der Waals surface area contributed by atoms with Crippen molar-refractivity contribution >= 4 is 35.1 Å². The number of nitrogens with zero attached hydrogens (tertiary/aromatic N) is 3. The summed E-state index contributed by atoms with van der Waals surface area (Å²) in [5.41, 5.74) is 4.68. The van der Waals surface area contributed by atoms with Crippen molar-refractivity contribution in [3.63, 3.8) is 0 Å². The van der Waals surface area contributed by atoms with Crippen LogP contribution in [0.15, 0.2) is 90.1 Å². The molecule has 0 radical (unpaired) electrons. The SMILES string of the molecule is Clc1ccc(CSc2nnc3c(n2)OC(/C=C/c2ccccc2)Nc2ccccc2-3)cc1. The number of anilines is 1. The van der Waals surface area contributed by atoms with E-state index in [0.29, 0.717) is 22.5 Å². The molecule has 4 aromatic rings. The average molecular weight is 459 g/mol. The van der Waals surface area contributed by atoms with Gasteiger partial charge in [-0.05, 0) is 35.4 Å². The van der Waals surface area contributed by atoms with Crippen LogP contribution in [0.5, 0.6) is 5.88 Å². The van der Waals surface area contributed by atoms with E-state index in [1.54, 1.807) is 0 Å². The van der Waals surface area contributed by atoms with E-state index in [4.69, 9.17) is 16.3 Å². The molecule has 7 heteroatoms. The Morgan fingerprint density at radius 3 is 2.56 bits per heavy atom. The van der Waals surface area contributed by atoms with Gasteiger partial charge in [0.15, 0.2) is 11.9 Å². The molecule has 158 valence electrons. The van der Waals surface area contributed by atoms with E-state index in [-0.39, 0.29) is 0 Å². The third kappa shape index (κ3) is 4.77. The Labute approximate surface area is 195 Å². The van der Waals surface area contributed by atoms with Crippen LogP contribution in [0.2, 0.25) is 5.02 Å². The van der Waals surface area contributed by atoms with Gasteiger partial charge in [0.2, 0.25) is 11.0 Å². The number of thioether (sulfide) groups is 1. The second-order valence-corrected chi connectivity index (χ2v) is 8.54. The van der Waals surface area contributed by atoms with Gasteiger partial charge in [-0.3, -0.25) is 0 Å². The third-order valence-electron chi connectivity index (χ3n) is 4.90. The zero-order valence-corrected chi connectivity index (χ0v) is 18.6. The lowest BCUT2D eigenvalue weighted by Crippen LogP contribution is -2.23. The maximum atomic E-state index is 6.23. The van der Waals surface area contributed by atoms with Crippen molar-refractivity contribution in [1.82, 2.24) is 15.2 Å². The van der Waals surface area contributed by atoms with E-state index in [0.717, 1.165) is 27.4 Å². The molecule has 1 unspecified atom stereocenters. The lowest BCUT2D eigenvalue weighted by Gasteiger charge is -2.15. The number of hydrogen-bond acceptors (Lipinski definition) is 6. The molecule has 5 nitrogen and oxygen atoms in total. The molecule has 1 atom stereocenters. The maximum absolute atomic E-state index is 6.23. The molecule has 0 saturated heterocycles. The first-order valence-corrected chi connectivity index (χ1v) is 11.5. The molecule has 1 aromatic heterocycles. The van der Waals surface area contributed by atoms with E-state index in [1.165, 1.54) is 11.8 Å². The van der Waals surface area contributed by atoms with Gasteiger partial charge in [0.1, 0.15) is 0 Å². The molecule has 0 saturated carbocycles. The van der Waals surface area contributed by atoms with Crippen LogP contribution in [0.25, 0.3) is 17.3 Å². The van der Waals surface area contributed by atoms with Crippen molar-refractivity contribution in [2.75, 3.05) is 5.32 Å². The molecule has 0 amide bonds. The van der Waals surface area contributed by atoms with Crippen LogP contribution in [-0.4, -0.2) is 21.4 Å². The zero-order valence-electron chi connectivity index (χ0n) is 17.0. The average Bonchev–Trinajstić information content (AvgIpc) is 2.99. The summed E-state index contributed by atoms with van der Waals surface area (Å²) >= 11 is 7.48. The molecule has 0 aliphatic carbocycles. The minimum Gasteiger partial charge on any atom is -0.448 e. The first-order chi connectivity index (χ1) is 15.7. The Balaban J connectivity index is 1.42. The zero-order chi connectivity index (χ0) is 21.8. The topological polar surface area (TPSA) is 59.9 Å². The summed E-state index contributed by atoms with van der Waals surface area (Å²) in [5, 5.41) is 13.5. The first kappa shape index (κ1) is 20.5. The maximum Gasteiger partial charge on any atom is 0.247 e. The molecule has 1 N–H and O–H groups in total. The Morgan fingerprint density at radius 1 is 0.938 bits per heavy atom. The van der Waals surface area contributed by atoms with Crippen LogP contribution < -0.4 is 10.1 Å². The van der Waals surface area contributed by atoms with E-state index < -0.39 is 6.23 Å². The Hall–Kier alpha value is -3.35. The highest BCUT2D eigenvalue weighted by Gasteiger charge is 2.23. The van der Waals surface area contributed by atoms with Gasteiger partial charge in [-0.25, -0.2) is 0 Å². The minimum absolute atomic E-state index is 0.400. The van der Waals surface area contributed by atoms with E-state index in [2.05, 4.69) is 20.5 Å². The summed E-state index contributed by atoms with van der Waals surface area (Å²) < 4.78 is 6.23. The molecular weight excluding hydrogens is 440 g/mol. The number of para-hydroxylation sites is 1. The fourth-order valence-corrected chi connectivity index (χ4v) is 4.17. The number of ether oxygens (including phenoxy) is 1. The summed E-state index contributed by atoms with van der Waals surface area (Å²) in [6, 6.07) is 25.8. The first-order valence-electron chi connectivity index (χ1n) is 10.1. The number of benzene rings is 3. The number of fused-ring (bicyclic) bond motifs is 3. The summed E-state index contributed by atoms with van der Waals surface area (Å²) in [4.78, 5) is 4.68. The number of hydrogen-bond donors (Lipinski definition) is 1. The monoisotopic (exact) mass is 458 g/mol. The Morgan fingerprint density at radius 2 is 1.72 bits per heavy atom. The van der Waals surface area contributed by atoms with Crippen molar-refractivity contribution in [3.8, 4) is 17.1 Å². The molecular formula is C25H19ClN4OS. The quantitative estimate of drug-likeness (QED) is 0.353. The molecule has 1 aliphatic rings. The van der Waals surface area contributed by atoms with Gasteiger partial charge >= 0.3 is 0 Å². The molecule has 3 aromatic carbocycles. The van der Waals surface area contributed by atoms with Crippen LogP contribution in [0, 0.1) is 0 Å². The van der Waals surface area contributed by atoms with E-state index in [1.807, 2.05) is 91.0 Å². The van der Waals surface area contributed by atoms with E-state index in [9.17, 15) is 0 Å². The predicted molar refractivity (Wildman–Crippen MR) is 130 cm³/mol. The van der Waals surface area contributed by atoms with Gasteiger partial charge in [0.25, 0.3) is 0 Å². The van der Waals surface area contributed by atoms with Crippen LogP contribution in [0.3, 0.4) is 0 Å². The van der Waals surface area contributed by atoms with Gasteiger partial charge < -0.3 is 10.1 Å². The van der Waals surface area contributed by atoms with Crippen LogP contribution in [0.4, 0.5) is 5.69 Å². The fraction of sp³-hybridized carbons (Fsp3) is 0.0800. The van der Waals surface area contributed by atoms with Gasteiger partial charge in [-0.1, -0.05) is 90.1 Å². The normalized spacial score (nSPS) is 14.7. The van der Waals surface area contributed by atoms with Crippen LogP contribution in [-0.2, 0) is 5.75 Å². The van der Waals surface area contributed by atoms with Crippen molar-refractivity contribution < 1.29 is 4.74 Å². The standard InChI is InChI=1S/C25H19ClN4OS/c26-19-13-10-18(11-14-19)16-32-25-28-24-23(29-30-25)20-8-4-5-9-21(20)27-22(31-24)15-12-17-6-2-1-3-7-17/h1-15,22,27H,16H2/b15-12+. The van der Waals surface area contributed by atoms with Crippen molar-refractivity contribution in [3.05, 3.63) is 101 Å². The van der Waals surface area contributed by atoms with Crippen LogP contribution >= 0.6 is 23.4 Å². The molecule has 0 spiro atoms. The van der Waals surface area contributed by atoms with Gasteiger partial charge in [-0.15, -0.1) is 10.2 Å². The van der Waals surface area contributed by atoms with E-state index >= 15 is 0 Å². The molecule has 0 bridgehead atoms. The molecule has 32 heavy (non-hydrogen) atoms. The second kappa shape index (κ2) is 9.42. The third-order valence-corrected chi connectivity index (χ3v) is 6.06. The van der Waals surface area contributed by atoms with Gasteiger partial charge in [-0.2, -0.15) is 4.98 Å². The Kier molecular flexibility index (Phi) is 6.05. The van der Waals surface area contributed by atoms with Crippen molar-refractivity contribution in [1.29, 1.82) is 0 Å². The summed E-state index contributed by atoms with van der Waals surface area (Å²) in [5.74, 6) is 1.17. The minimum atomic E-state index is -0.400. The predicted octanol–water partition coefficient (Wildman–Crippen LogP) is 6.33. The summed E-state index contributed by atoms with van der Waals surface area (Å²) in [7, 11) is 0. The van der Waals surface area contributed by atoms with Crippen molar-refractivity contribution in [2.24, 2.45) is 0 Å². The smallest absolute Gasteiger partial charge is 0.247 e. The lowest BCUT2D eigenvalue weighted by atomic mass is 10.1. The summed E-state index contributed by atoms with van der Waals surface area (Å²) in [6.45, 7) is 0. The molecule has 5 rings (SSSR count). The number of nitrogens with one attached hydrogen (secondary N) is 1. The number of aromatic nitrogens is 3. The molecule has 0 fully saturated rings. The molecule has 2 heterocycles. The van der Waals surface area contributed by atoms with Gasteiger partial charge in [0, 0.05) is 22.0 Å². The van der Waals surface area contributed by atoms with Gasteiger partial charge in [0.05, 0.1) is 0 Å². The highest BCUT2D eigenvalue weighted by molar-refractivity contribution is 7.98. The second-order valence-electron chi connectivity index (χ2n) is 7.16. The highest BCUT2D eigenvalue weighted by Crippen LogP contribution is 2.36. The highest BCUT2D eigenvalue weighted by atomic mass is 35.5. The summed E-state index contributed by atoms with van der Waals surface area (Å²) in [6.07, 6.45) is 3.60. The van der Waals surface area contributed by atoms with Crippen molar-refractivity contribution in [2.45, 2.75) is 17.1 Å².